The van der Waals surface area contributed by atoms with E-state index in [-0.39, 0.29) is 21.7 Å². The number of rotatable bonds is 0. The molecular weight excluding hydrogens is 557 g/mol. The molecule has 0 N–H and O–H groups in total. The van der Waals surface area contributed by atoms with E-state index in [2.05, 4.69) is 107 Å². The lowest BCUT2D eigenvalue weighted by molar-refractivity contribution is -0.134. The monoisotopic (exact) mass is 608 g/mol. The first-order chi connectivity index (χ1) is 18.7. The van der Waals surface area contributed by atoms with Crippen molar-refractivity contribution in [3.05, 3.63) is 46.5 Å². The van der Waals surface area contributed by atoms with E-state index in [1.54, 1.807) is 9.13 Å². The first kappa shape index (κ1) is 32.3. The van der Waals surface area contributed by atoms with Gasteiger partial charge in [-0.2, -0.15) is 0 Å². The average Bonchev–Trinajstić information content (AvgIpc) is 3.20. The molecule has 0 fully saturated rings. The zero-order valence-electron chi connectivity index (χ0n) is 28.8. The van der Waals surface area contributed by atoms with E-state index in [9.17, 15) is 9.59 Å². The maximum atomic E-state index is 14.5. The molecule has 0 unspecified atom stereocenters. The maximum Gasteiger partial charge on any atom is 0.361 e. The second kappa shape index (κ2) is 9.45. The molecule has 0 aromatic heterocycles. The summed E-state index contributed by atoms with van der Waals surface area (Å²) in [5, 5.41) is 0. The lowest BCUT2D eigenvalue weighted by atomic mass is 9.79. The number of fused-ring (bicyclic) bond motifs is 2. The van der Waals surface area contributed by atoms with Gasteiger partial charge in [-0.1, -0.05) is 95.2 Å². The zero-order chi connectivity index (χ0) is 32.2. The van der Waals surface area contributed by atoms with Gasteiger partial charge in [-0.15, -0.1) is 0 Å². The van der Waals surface area contributed by atoms with Gasteiger partial charge in [0.25, 0.3) is 0 Å². The normalized spacial score (nSPS) is 17.9. The molecule has 2 aromatic rings. The molecule has 2 aliphatic heterocycles. The highest BCUT2D eigenvalue weighted by atomic mass is 28.4. The van der Waals surface area contributed by atoms with E-state index in [1.807, 2.05) is 26.2 Å². The van der Waals surface area contributed by atoms with Crippen LogP contribution in [0.2, 0.25) is 26.2 Å². The van der Waals surface area contributed by atoms with Crippen molar-refractivity contribution in [2.75, 3.05) is 9.13 Å². The van der Waals surface area contributed by atoms with Crippen molar-refractivity contribution < 1.29 is 18.4 Å². The first-order valence-corrected chi connectivity index (χ1v) is 20.8. The molecule has 0 bridgehead atoms. The van der Waals surface area contributed by atoms with Crippen LogP contribution in [0, 0.1) is 0 Å². The van der Waals surface area contributed by atoms with Gasteiger partial charge in [0.1, 0.15) is 11.5 Å². The Balaban J connectivity index is 1.92. The molecule has 2 aromatic carbocycles. The van der Waals surface area contributed by atoms with E-state index in [0.29, 0.717) is 11.4 Å². The summed E-state index contributed by atoms with van der Waals surface area (Å²) < 4.78 is 16.7. The highest BCUT2D eigenvalue weighted by Gasteiger charge is 2.55. The fraction of sp³-hybridized carbons (Fsp3) is 0.588. The number of amides is 2. The van der Waals surface area contributed by atoms with Gasteiger partial charge in [0.2, 0.25) is 0 Å². The summed E-state index contributed by atoms with van der Waals surface area (Å²) in [5.74, 6) is 0.361. The fourth-order valence-corrected chi connectivity index (χ4v) is 10.1. The molecular formula is C34H52N2O4Si2. The minimum absolute atomic E-state index is 0.147. The van der Waals surface area contributed by atoms with Gasteiger partial charge < -0.3 is 8.85 Å². The Labute approximate surface area is 256 Å². The van der Waals surface area contributed by atoms with Gasteiger partial charge >= 0.3 is 28.8 Å². The van der Waals surface area contributed by atoms with Crippen LogP contribution in [0.3, 0.4) is 0 Å². The summed E-state index contributed by atoms with van der Waals surface area (Å²) >= 11 is 0. The summed E-state index contributed by atoms with van der Waals surface area (Å²) in [7, 11) is -5.70. The van der Waals surface area contributed by atoms with Gasteiger partial charge in [0.15, 0.2) is 0 Å². The molecule has 0 saturated carbocycles. The lowest BCUT2D eigenvalue weighted by Crippen LogP contribution is -2.62. The molecule has 0 saturated heterocycles. The Morgan fingerprint density at radius 1 is 0.524 bits per heavy atom. The largest absolute Gasteiger partial charge is 0.523 e. The van der Waals surface area contributed by atoms with Crippen molar-refractivity contribution in [2.45, 2.75) is 131 Å². The zero-order valence-corrected chi connectivity index (χ0v) is 30.8. The van der Waals surface area contributed by atoms with Gasteiger partial charge in [0.05, 0.1) is 11.4 Å². The van der Waals surface area contributed by atoms with Gasteiger partial charge in [0, 0.05) is 11.1 Å². The second-order valence-corrected chi connectivity index (χ2v) is 24.2. The van der Waals surface area contributed by atoms with Gasteiger partial charge in [-0.3, -0.25) is 18.7 Å². The van der Waals surface area contributed by atoms with Crippen LogP contribution >= 0.6 is 0 Å². The highest BCUT2D eigenvalue weighted by Crippen LogP contribution is 2.51. The van der Waals surface area contributed by atoms with Gasteiger partial charge in [-0.05, 0) is 71.1 Å². The summed E-state index contributed by atoms with van der Waals surface area (Å²) in [6.45, 7) is 34.0. The standard InChI is InChI=1S/C34H52N2O4Si2/c1-31(2,3)21-17-23(33(7,8)9)27-25(19-21)35(41(13,14)39-27)29(37)30(38)36-26-20-22(32(4,5)6)18-24(34(10,11)12)28(26)40-42(36,15)16/h17-20H,1-16H3. The van der Waals surface area contributed by atoms with Crippen LogP contribution in [0.1, 0.15) is 105 Å². The van der Waals surface area contributed by atoms with Crippen LogP contribution in [-0.2, 0) is 31.2 Å². The summed E-state index contributed by atoms with van der Waals surface area (Å²) in [6, 6.07) is 8.54. The Morgan fingerprint density at radius 2 is 0.810 bits per heavy atom. The summed E-state index contributed by atoms with van der Waals surface area (Å²) in [6.07, 6.45) is 0. The molecule has 0 aliphatic carbocycles. The van der Waals surface area contributed by atoms with E-state index in [4.69, 9.17) is 8.85 Å². The van der Waals surface area contributed by atoms with E-state index in [1.165, 1.54) is 0 Å². The number of carbonyl (C=O) groups is 2. The van der Waals surface area contributed by atoms with E-state index >= 15 is 0 Å². The Bertz CT molecular complexity index is 1350. The SMILES string of the molecule is CC(C)(C)c1cc2c(c(C(C)(C)C)c1)O[Si](C)(C)N2C(=O)C(=O)N1c2cc(C(C)(C)C)cc(C(C)(C)C)c2O[Si]1(C)C. The molecule has 0 spiro atoms. The molecule has 2 aliphatic rings. The number of nitrogens with zero attached hydrogens (tertiary/aromatic N) is 2. The predicted octanol–water partition coefficient (Wildman–Crippen LogP) is 8.43. The molecule has 230 valence electrons. The van der Waals surface area contributed by atoms with Crippen molar-refractivity contribution in [3.63, 3.8) is 0 Å². The minimum Gasteiger partial charge on any atom is -0.523 e. The van der Waals surface area contributed by atoms with Crippen LogP contribution in [-0.4, -0.2) is 28.8 Å². The third-order valence-electron chi connectivity index (χ3n) is 8.34. The summed E-state index contributed by atoms with van der Waals surface area (Å²) in [5.41, 5.74) is 5.05. The van der Waals surface area contributed by atoms with Crippen molar-refractivity contribution in [1.82, 2.24) is 0 Å². The Hall–Kier alpha value is -2.59. The maximum absolute atomic E-state index is 14.5. The Kier molecular flexibility index (Phi) is 7.28. The number of hydrogen-bond acceptors (Lipinski definition) is 4. The molecule has 0 radical (unpaired) electrons. The third-order valence-corrected chi connectivity index (χ3v) is 12.8. The molecule has 2 heterocycles. The Morgan fingerprint density at radius 3 is 1.05 bits per heavy atom. The number of carbonyl (C=O) groups excluding carboxylic acids is 2. The van der Waals surface area contributed by atoms with Crippen LogP contribution < -0.4 is 18.0 Å². The quantitative estimate of drug-likeness (QED) is 0.222. The third kappa shape index (κ3) is 5.45. The minimum atomic E-state index is -2.85. The molecule has 0 atom stereocenters. The smallest absolute Gasteiger partial charge is 0.361 e. The lowest BCUT2D eigenvalue weighted by Gasteiger charge is -2.32. The number of benzene rings is 2. The fourth-order valence-electron chi connectivity index (χ4n) is 5.82. The van der Waals surface area contributed by atoms with Crippen molar-refractivity contribution in [2.24, 2.45) is 0 Å². The molecule has 42 heavy (non-hydrogen) atoms. The van der Waals surface area contributed by atoms with Crippen LogP contribution in [0.5, 0.6) is 11.5 Å². The first-order valence-electron chi connectivity index (χ1n) is 15.1. The van der Waals surface area contributed by atoms with E-state index in [0.717, 1.165) is 33.8 Å². The molecule has 4 rings (SSSR count). The van der Waals surface area contributed by atoms with Crippen molar-refractivity contribution in [1.29, 1.82) is 0 Å². The molecule has 8 heteroatoms. The average molecular weight is 609 g/mol. The molecule has 2 amide bonds. The highest BCUT2D eigenvalue weighted by molar-refractivity contribution is 6.88. The second-order valence-electron chi connectivity index (χ2n) is 17.1. The van der Waals surface area contributed by atoms with Crippen LogP contribution in [0.4, 0.5) is 11.4 Å². The number of anilines is 2. The predicted molar refractivity (Wildman–Crippen MR) is 179 cm³/mol. The van der Waals surface area contributed by atoms with Crippen LogP contribution in [0.25, 0.3) is 0 Å². The summed E-state index contributed by atoms with van der Waals surface area (Å²) in [4.78, 5) is 29.1. The van der Waals surface area contributed by atoms with Crippen molar-refractivity contribution >= 4 is 40.1 Å². The number of hydrogen-bond donors (Lipinski definition) is 0. The van der Waals surface area contributed by atoms with Crippen LogP contribution in [0.15, 0.2) is 24.3 Å². The molecule has 6 nitrogen and oxygen atoms in total. The topological polar surface area (TPSA) is 59.1 Å². The van der Waals surface area contributed by atoms with E-state index < -0.39 is 28.8 Å². The van der Waals surface area contributed by atoms with Crippen molar-refractivity contribution in [3.8, 4) is 11.5 Å². The van der Waals surface area contributed by atoms with Gasteiger partial charge in [-0.25, -0.2) is 0 Å².